The number of nitrogens with zero attached hydrogens (tertiary/aromatic N) is 5. The van der Waals surface area contributed by atoms with E-state index in [1.165, 1.54) is 31.8 Å². The Bertz CT molecular complexity index is 1300. The molecule has 0 saturated carbocycles. The topological polar surface area (TPSA) is 152 Å². The fraction of sp³-hybridized carbons (Fsp3) is 0.478. The van der Waals surface area contributed by atoms with E-state index in [-0.39, 0.29) is 18.7 Å². The van der Waals surface area contributed by atoms with E-state index < -0.39 is 28.9 Å². The van der Waals surface area contributed by atoms with Crippen LogP contribution in [-0.2, 0) is 25.4 Å². The third-order valence-electron chi connectivity index (χ3n) is 5.33. The zero-order valence-electron chi connectivity index (χ0n) is 20.9. The number of halogens is 1. The van der Waals surface area contributed by atoms with Crippen LogP contribution in [0.25, 0.3) is 11.2 Å². The molecule has 2 aromatic heterocycles. The number of benzene rings is 1. The minimum absolute atomic E-state index is 0.0138. The molecule has 36 heavy (non-hydrogen) atoms. The Labute approximate surface area is 212 Å². The third-order valence-corrected chi connectivity index (χ3v) is 5.58. The number of aliphatic hydroxyl groups is 2. The van der Waals surface area contributed by atoms with Crippen molar-refractivity contribution in [3.63, 3.8) is 0 Å². The molecule has 0 amide bonds. The zero-order chi connectivity index (χ0) is 27.2. The van der Waals surface area contributed by atoms with Crippen LogP contribution in [0.3, 0.4) is 0 Å². The number of ether oxygens (including phenoxy) is 1. The fourth-order valence-corrected chi connectivity index (χ4v) is 3.41. The summed E-state index contributed by atoms with van der Waals surface area (Å²) in [6, 6.07) is 6.56. The van der Waals surface area contributed by atoms with Gasteiger partial charge in [-0.1, -0.05) is 11.6 Å². The van der Waals surface area contributed by atoms with E-state index in [1.807, 2.05) is 0 Å². The number of aliphatic hydroxyl groups excluding tert-OH is 2. The van der Waals surface area contributed by atoms with E-state index in [4.69, 9.17) is 26.6 Å². The molecule has 12 nitrogen and oxygen atoms in total. The second-order valence-corrected chi connectivity index (χ2v) is 9.22. The summed E-state index contributed by atoms with van der Waals surface area (Å²) in [5.41, 5.74) is -1.52. The average Bonchev–Trinajstić information content (AvgIpc) is 3.21. The van der Waals surface area contributed by atoms with Gasteiger partial charge >= 0.3 is 11.7 Å². The molecule has 3 N–H and O–H groups in total. The highest BCUT2D eigenvalue weighted by atomic mass is 35.5. The Morgan fingerprint density at radius 1 is 1.19 bits per heavy atom. The van der Waals surface area contributed by atoms with Gasteiger partial charge in [-0.25, -0.2) is 14.6 Å². The van der Waals surface area contributed by atoms with E-state index in [0.717, 1.165) is 4.57 Å². The number of carbonyl (C=O) groups is 1. The summed E-state index contributed by atoms with van der Waals surface area (Å²) in [7, 11) is 4.74. The lowest BCUT2D eigenvalue weighted by Crippen LogP contribution is -2.38. The molecule has 0 spiro atoms. The molecule has 0 saturated heterocycles. The highest BCUT2D eigenvalue weighted by Gasteiger charge is 2.29. The van der Waals surface area contributed by atoms with Crippen molar-refractivity contribution in [3.05, 3.63) is 56.5 Å². The van der Waals surface area contributed by atoms with Gasteiger partial charge in [0, 0.05) is 32.2 Å². The summed E-state index contributed by atoms with van der Waals surface area (Å²) in [5, 5.41) is 28.4. The van der Waals surface area contributed by atoms with Crippen LogP contribution < -0.4 is 16.0 Å². The van der Waals surface area contributed by atoms with Crippen LogP contribution in [0.1, 0.15) is 13.8 Å². The van der Waals surface area contributed by atoms with Gasteiger partial charge in [0.2, 0.25) is 0 Å². The molecule has 1 aromatic carbocycles. The monoisotopic (exact) mass is 525 g/mol. The highest BCUT2D eigenvalue weighted by Crippen LogP contribution is 2.20. The SMILES string of the molecule is CC(C)(Oc1ccc(Cl)cc1)C(=O)O.CN(CCO)C[C@@H](O)Cn1cnc2c1c(=O)n(C)c(=O)n2C. The number of carboxylic acid groups (broad SMARTS) is 1. The zero-order valence-corrected chi connectivity index (χ0v) is 21.6. The van der Waals surface area contributed by atoms with Crippen molar-refractivity contribution in [3.8, 4) is 5.75 Å². The van der Waals surface area contributed by atoms with Gasteiger partial charge in [0.05, 0.1) is 25.6 Å². The van der Waals surface area contributed by atoms with E-state index in [0.29, 0.717) is 29.5 Å². The number of hydrogen-bond acceptors (Lipinski definition) is 8. The van der Waals surface area contributed by atoms with Crippen molar-refractivity contribution in [1.82, 2.24) is 23.6 Å². The average molecular weight is 526 g/mol. The van der Waals surface area contributed by atoms with Gasteiger partial charge in [-0.3, -0.25) is 13.9 Å². The summed E-state index contributed by atoms with van der Waals surface area (Å²) in [5.74, 6) is -0.519. The normalized spacial score (nSPS) is 12.4. The fourth-order valence-electron chi connectivity index (χ4n) is 3.28. The molecule has 0 aliphatic carbocycles. The van der Waals surface area contributed by atoms with Crippen LogP contribution >= 0.6 is 11.6 Å². The van der Waals surface area contributed by atoms with Crippen molar-refractivity contribution >= 4 is 28.7 Å². The Morgan fingerprint density at radius 2 is 1.81 bits per heavy atom. The Kier molecular flexibility index (Phi) is 9.82. The van der Waals surface area contributed by atoms with E-state index in [2.05, 4.69) is 4.98 Å². The molecule has 0 unspecified atom stereocenters. The predicted molar refractivity (Wildman–Crippen MR) is 135 cm³/mol. The summed E-state index contributed by atoms with van der Waals surface area (Å²) >= 11 is 5.67. The standard InChI is InChI=1S/C13H21N5O4.C10H11ClO3/c1-15(4-5-19)6-9(20)7-18-8-14-11-10(18)12(21)17(3)13(22)16(11)2;1-10(2,9(12)13)14-8-5-3-7(11)4-6-8/h8-9,19-20H,4-7H2,1-3H3;3-6H,1-2H3,(H,12,13)/t9-;/m1./s1. The van der Waals surface area contributed by atoms with Gasteiger partial charge in [0.1, 0.15) is 5.75 Å². The van der Waals surface area contributed by atoms with Crippen molar-refractivity contribution in [1.29, 1.82) is 0 Å². The molecular weight excluding hydrogens is 494 g/mol. The number of aromatic nitrogens is 4. The summed E-state index contributed by atoms with van der Waals surface area (Å²) in [6.07, 6.45) is 0.719. The minimum atomic E-state index is -1.23. The third kappa shape index (κ3) is 7.17. The van der Waals surface area contributed by atoms with Gasteiger partial charge in [0.15, 0.2) is 16.8 Å². The molecule has 0 bridgehead atoms. The first-order valence-electron chi connectivity index (χ1n) is 11.0. The largest absolute Gasteiger partial charge is 0.478 e. The van der Waals surface area contributed by atoms with Crippen molar-refractivity contribution in [2.45, 2.75) is 32.1 Å². The van der Waals surface area contributed by atoms with Crippen LogP contribution in [0.2, 0.25) is 5.02 Å². The number of aryl methyl sites for hydroxylation is 1. The Morgan fingerprint density at radius 3 is 2.36 bits per heavy atom. The number of likely N-dealkylation sites (N-methyl/N-ethyl adjacent to an activating group) is 1. The van der Waals surface area contributed by atoms with Gasteiger partial charge < -0.3 is 29.5 Å². The molecule has 0 radical (unpaired) electrons. The molecule has 2 heterocycles. The van der Waals surface area contributed by atoms with Crippen molar-refractivity contribution in [2.24, 2.45) is 14.1 Å². The second kappa shape index (κ2) is 12.2. The summed E-state index contributed by atoms with van der Waals surface area (Å²) in [6.45, 7) is 3.98. The first-order chi connectivity index (χ1) is 16.8. The van der Waals surface area contributed by atoms with Gasteiger partial charge in [-0.2, -0.15) is 0 Å². The van der Waals surface area contributed by atoms with Crippen LogP contribution in [0.15, 0.2) is 40.2 Å². The molecular formula is C23H32ClN5O7. The lowest BCUT2D eigenvalue weighted by molar-refractivity contribution is -0.152. The Balaban J connectivity index is 0.000000281. The first kappa shape index (κ1) is 29.0. The smallest absolute Gasteiger partial charge is 0.347 e. The van der Waals surface area contributed by atoms with E-state index >= 15 is 0 Å². The minimum Gasteiger partial charge on any atom is -0.478 e. The lowest BCUT2D eigenvalue weighted by atomic mass is 10.1. The number of carboxylic acids is 1. The number of fused-ring (bicyclic) bond motifs is 1. The van der Waals surface area contributed by atoms with Gasteiger partial charge in [-0.05, 0) is 45.2 Å². The molecule has 3 aromatic rings. The number of rotatable bonds is 9. The van der Waals surface area contributed by atoms with Crippen molar-refractivity contribution < 1.29 is 24.9 Å². The van der Waals surface area contributed by atoms with E-state index in [9.17, 15) is 19.5 Å². The Hall–Kier alpha value is -3.19. The van der Waals surface area contributed by atoms with Crippen molar-refractivity contribution in [2.75, 3.05) is 26.7 Å². The summed E-state index contributed by atoms with van der Waals surface area (Å²) in [4.78, 5) is 40.7. The summed E-state index contributed by atoms with van der Waals surface area (Å²) < 4.78 is 9.13. The van der Waals surface area contributed by atoms with Crippen LogP contribution in [0, 0.1) is 0 Å². The second-order valence-electron chi connectivity index (χ2n) is 8.79. The van der Waals surface area contributed by atoms with Gasteiger partial charge in [-0.15, -0.1) is 0 Å². The number of imidazole rings is 1. The highest BCUT2D eigenvalue weighted by molar-refractivity contribution is 6.30. The predicted octanol–water partition coefficient (Wildman–Crippen LogP) is 0.301. The first-order valence-corrected chi connectivity index (χ1v) is 11.4. The molecule has 0 aliphatic rings. The van der Waals surface area contributed by atoms with Crippen LogP contribution in [0.5, 0.6) is 5.75 Å². The maximum Gasteiger partial charge on any atom is 0.347 e. The molecule has 13 heteroatoms. The van der Waals surface area contributed by atoms with Crippen LogP contribution in [0.4, 0.5) is 0 Å². The molecule has 198 valence electrons. The van der Waals surface area contributed by atoms with E-state index in [1.54, 1.807) is 47.8 Å². The van der Waals surface area contributed by atoms with Crippen LogP contribution in [-0.4, -0.2) is 83.3 Å². The molecule has 3 rings (SSSR count). The number of hydrogen-bond donors (Lipinski definition) is 3. The maximum absolute atomic E-state index is 12.3. The van der Waals surface area contributed by atoms with Gasteiger partial charge in [0.25, 0.3) is 5.56 Å². The lowest BCUT2D eigenvalue weighted by Gasteiger charge is -2.21. The molecule has 0 fully saturated rings. The molecule has 1 atom stereocenters. The number of aliphatic carboxylic acids is 1. The maximum atomic E-state index is 12.3. The molecule has 0 aliphatic heterocycles. The quantitative estimate of drug-likeness (QED) is 0.358.